The van der Waals surface area contributed by atoms with Gasteiger partial charge in [-0.05, 0) is 18.6 Å². The van der Waals surface area contributed by atoms with E-state index in [2.05, 4.69) is 12.2 Å². The van der Waals surface area contributed by atoms with Crippen LogP contribution in [0.15, 0.2) is 24.3 Å². The maximum Gasteiger partial charge on any atom is 0.226 e. The molecule has 0 aromatic heterocycles. The molecule has 0 aliphatic heterocycles. The van der Waals surface area contributed by atoms with Crippen LogP contribution in [0.5, 0.6) is 0 Å². The predicted molar refractivity (Wildman–Crippen MR) is 88.3 cm³/mol. The Labute approximate surface area is 128 Å². The third kappa shape index (κ3) is 8.35. The number of benzene rings is 1. The maximum atomic E-state index is 11.7. The van der Waals surface area contributed by atoms with Crippen molar-refractivity contribution in [1.29, 1.82) is 0 Å². The second-order valence-corrected chi connectivity index (χ2v) is 5.27. The number of unbranched alkanes of at least 4 members (excludes halogenated alkanes) is 5. The van der Waals surface area contributed by atoms with Crippen molar-refractivity contribution >= 4 is 17.3 Å². The smallest absolute Gasteiger partial charge is 0.226 e. The van der Waals surface area contributed by atoms with E-state index in [1.165, 1.54) is 32.1 Å². The fourth-order valence-electron chi connectivity index (χ4n) is 2.07. The SMILES string of the molecule is CCCCCCCCOCCC(=O)Nc1ccccc1N. The Morgan fingerprint density at radius 1 is 1.10 bits per heavy atom. The van der Waals surface area contributed by atoms with Crippen molar-refractivity contribution in [3.05, 3.63) is 24.3 Å². The maximum absolute atomic E-state index is 11.7. The van der Waals surface area contributed by atoms with Gasteiger partial charge in [0.1, 0.15) is 0 Å². The molecule has 0 aliphatic carbocycles. The number of carbonyl (C=O) groups is 1. The van der Waals surface area contributed by atoms with Crippen LogP contribution < -0.4 is 11.1 Å². The first-order valence-corrected chi connectivity index (χ1v) is 7.96. The van der Waals surface area contributed by atoms with Crippen molar-refractivity contribution < 1.29 is 9.53 Å². The molecule has 118 valence electrons. The molecular formula is C17H28N2O2. The van der Waals surface area contributed by atoms with E-state index in [0.29, 0.717) is 24.4 Å². The summed E-state index contributed by atoms with van der Waals surface area (Å²) in [6, 6.07) is 7.25. The molecule has 1 rings (SSSR count). The van der Waals surface area contributed by atoms with Crippen LogP contribution in [0.4, 0.5) is 11.4 Å². The quantitative estimate of drug-likeness (QED) is 0.479. The van der Waals surface area contributed by atoms with Gasteiger partial charge in [0.25, 0.3) is 0 Å². The topological polar surface area (TPSA) is 64.3 Å². The first kappa shape index (κ1) is 17.5. The molecule has 0 bridgehead atoms. The number of rotatable bonds is 11. The molecule has 0 radical (unpaired) electrons. The number of anilines is 2. The van der Waals surface area contributed by atoms with Gasteiger partial charge >= 0.3 is 0 Å². The summed E-state index contributed by atoms with van der Waals surface area (Å²) in [7, 11) is 0. The molecule has 0 atom stereocenters. The normalized spacial score (nSPS) is 10.5. The fourth-order valence-corrected chi connectivity index (χ4v) is 2.07. The second-order valence-electron chi connectivity index (χ2n) is 5.27. The van der Waals surface area contributed by atoms with E-state index >= 15 is 0 Å². The van der Waals surface area contributed by atoms with E-state index in [0.717, 1.165) is 13.0 Å². The lowest BCUT2D eigenvalue weighted by molar-refractivity contribution is -0.117. The average molecular weight is 292 g/mol. The van der Waals surface area contributed by atoms with Crippen LogP contribution in [0.25, 0.3) is 0 Å². The molecule has 4 nitrogen and oxygen atoms in total. The molecule has 0 saturated heterocycles. The Balaban J connectivity index is 2.00. The van der Waals surface area contributed by atoms with E-state index in [1.807, 2.05) is 12.1 Å². The zero-order valence-corrected chi connectivity index (χ0v) is 13.1. The summed E-state index contributed by atoms with van der Waals surface area (Å²) in [5.74, 6) is -0.0594. The summed E-state index contributed by atoms with van der Waals surface area (Å²) in [6.07, 6.45) is 7.86. The number of hydrogen-bond acceptors (Lipinski definition) is 3. The number of nitrogens with two attached hydrogens (primary N) is 1. The number of ether oxygens (including phenoxy) is 1. The van der Waals surface area contributed by atoms with Crippen molar-refractivity contribution in [2.75, 3.05) is 24.3 Å². The van der Waals surface area contributed by atoms with Gasteiger partial charge in [-0.1, -0.05) is 51.2 Å². The van der Waals surface area contributed by atoms with Gasteiger partial charge in [0.2, 0.25) is 5.91 Å². The molecule has 0 saturated carbocycles. The second kappa shape index (κ2) is 11.1. The Morgan fingerprint density at radius 3 is 2.57 bits per heavy atom. The van der Waals surface area contributed by atoms with Crippen molar-refractivity contribution in [3.63, 3.8) is 0 Å². The van der Waals surface area contributed by atoms with Crippen LogP contribution in [-0.2, 0) is 9.53 Å². The number of hydrogen-bond donors (Lipinski definition) is 2. The van der Waals surface area contributed by atoms with Crippen LogP contribution in [0.3, 0.4) is 0 Å². The largest absolute Gasteiger partial charge is 0.397 e. The molecule has 3 N–H and O–H groups in total. The van der Waals surface area contributed by atoms with Crippen molar-refractivity contribution in [1.82, 2.24) is 0 Å². The number of para-hydroxylation sites is 2. The number of nitrogen functional groups attached to an aromatic ring is 1. The molecule has 0 unspecified atom stereocenters. The van der Waals surface area contributed by atoms with E-state index in [1.54, 1.807) is 12.1 Å². The lowest BCUT2D eigenvalue weighted by Crippen LogP contribution is -2.15. The Bertz CT molecular complexity index is 408. The van der Waals surface area contributed by atoms with Crippen molar-refractivity contribution in [2.24, 2.45) is 0 Å². The van der Waals surface area contributed by atoms with Crippen LogP contribution in [-0.4, -0.2) is 19.1 Å². The summed E-state index contributed by atoms with van der Waals surface area (Å²) in [6.45, 7) is 3.43. The van der Waals surface area contributed by atoms with Crippen molar-refractivity contribution in [3.8, 4) is 0 Å². The third-order valence-corrected chi connectivity index (χ3v) is 3.35. The van der Waals surface area contributed by atoms with Gasteiger partial charge in [-0.15, -0.1) is 0 Å². The minimum Gasteiger partial charge on any atom is -0.397 e. The van der Waals surface area contributed by atoms with Gasteiger partial charge in [0.05, 0.1) is 24.4 Å². The van der Waals surface area contributed by atoms with E-state index < -0.39 is 0 Å². The fraction of sp³-hybridized carbons (Fsp3) is 0.588. The third-order valence-electron chi connectivity index (χ3n) is 3.35. The highest BCUT2D eigenvalue weighted by atomic mass is 16.5. The highest BCUT2D eigenvalue weighted by molar-refractivity contribution is 5.93. The minimum absolute atomic E-state index is 0.0594. The predicted octanol–water partition coefficient (Wildman–Crippen LogP) is 3.97. The van der Waals surface area contributed by atoms with Crippen LogP contribution in [0.1, 0.15) is 51.9 Å². The van der Waals surface area contributed by atoms with E-state index in [4.69, 9.17) is 10.5 Å². The monoisotopic (exact) mass is 292 g/mol. The van der Waals surface area contributed by atoms with Gasteiger partial charge in [0.15, 0.2) is 0 Å². The lowest BCUT2D eigenvalue weighted by atomic mass is 10.1. The Morgan fingerprint density at radius 2 is 1.81 bits per heavy atom. The standard InChI is InChI=1S/C17H28N2O2/c1-2-3-4-5-6-9-13-21-14-12-17(20)19-16-11-8-7-10-15(16)18/h7-8,10-11H,2-6,9,12-14,18H2,1H3,(H,19,20). The van der Waals surface area contributed by atoms with Gasteiger partial charge in [-0.3, -0.25) is 4.79 Å². The zero-order valence-electron chi connectivity index (χ0n) is 13.1. The summed E-state index contributed by atoms with van der Waals surface area (Å²) in [4.78, 5) is 11.7. The molecule has 0 aliphatic rings. The Hall–Kier alpha value is -1.55. The zero-order chi connectivity index (χ0) is 15.3. The number of nitrogens with one attached hydrogen (secondary N) is 1. The number of carbonyl (C=O) groups excluding carboxylic acids is 1. The van der Waals surface area contributed by atoms with Crippen LogP contribution in [0, 0.1) is 0 Å². The molecule has 0 spiro atoms. The van der Waals surface area contributed by atoms with Crippen LogP contribution in [0.2, 0.25) is 0 Å². The summed E-state index contributed by atoms with van der Waals surface area (Å²) >= 11 is 0. The summed E-state index contributed by atoms with van der Waals surface area (Å²) in [5.41, 5.74) is 7.01. The number of amides is 1. The van der Waals surface area contributed by atoms with Gasteiger partial charge in [0, 0.05) is 6.61 Å². The first-order chi connectivity index (χ1) is 10.2. The molecular weight excluding hydrogens is 264 g/mol. The van der Waals surface area contributed by atoms with Gasteiger partial charge in [-0.2, -0.15) is 0 Å². The van der Waals surface area contributed by atoms with Gasteiger partial charge in [-0.25, -0.2) is 0 Å². The molecule has 0 fully saturated rings. The summed E-state index contributed by atoms with van der Waals surface area (Å²) < 4.78 is 5.49. The molecule has 1 aromatic rings. The molecule has 4 heteroatoms. The van der Waals surface area contributed by atoms with Gasteiger partial charge < -0.3 is 15.8 Å². The highest BCUT2D eigenvalue weighted by Crippen LogP contribution is 2.16. The van der Waals surface area contributed by atoms with Crippen LogP contribution >= 0.6 is 0 Å². The van der Waals surface area contributed by atoms with Crippen molar-refractivity contribution in [2.45, 2.75) is 51.9 Å². The molecule has 1 amide bonds. The average Bonchev–Trinajstić information content (AvgIpc) is 2.48. The van der Waals surface area contributed by atoms with E-state index in [9.17, 15) is 4.79 Å². The summed E-state index contributed by atoms with van der Waals surface area (Å²) in [5, 5.41) is 2.79. The Kier molecular flexibility index (Phi) is 9.29. The lowest BCUT2D eigenvalue weighted by Gasteiger charge is -2.08. The van der Waals surface area contributed by atoms with E-state index in [-0.39, 0.29) is 5.91 Å². The highest BCUT2D eigenvalue weighted by Gasteiger charge is 2.04. The molecule has 21 heavy (non-hydrogen) atoms. The molecule has 0 heterocycles. The minimum atomic E-state index is -0.0594. The first-order valence-electron chi connectivity index (χ1n) is 7.96. The molecule has 1 aromatic carbocycles.